The maximum absolute atomic E-state index is 11.9. The van der Waals surface area contributed by atoms with Crippen molar-refractivity contribution >= 4 is 5.97 Å². The van der Waals surface area contributed by atoms with Crippen molar-refractivity contribution in [3.8, 4) is 0 Å². The highest BCUT2D eigenvalue weighted by molar-refractivity contribution is 5.89. The number of hydrogen-bond donors (Lipinski definition) is 3. The molecule has 2 rings (SSSR count). The van der Waals surface area contributed by atoms with Crippen molar-refractivity contribution in [1.82, 2.24) is 0 Å². The molecule has 0 aliphatic carbocycles. The highest BCUT2D eigenvalue weighted by Crippen LogP contribution is 2.23. The van der Waals surface area contributed by atoms with Crippen LogP contribution in [-0.4, -0.2) is 52.0 Å². The fourth-order valence-corrected chi connectivity index (χ4v) is 1.95. The summed E-state index contributed by atoms with van der Waals surface area (Å²) in [6.45, 7) is 1.54. The van der Waals surface area contributed by atoms with Crippen LogP contribution in [0.2, 0.25) is 0 Å². The van der Waals surface area contributed by atoms with E-state index in [9.17, 15) is 20.1 Å². The van der Waals surface area contributed by atoms with Crippen molar-refractivity contribution in [2.24, 2.45) is 0 Å². The van der Waals surface area contributed by atoms with Crippen LogP contribution in [0.25, 0.3) is 0 Å². The van der Waals surface area contributed by atoms with E-state index >= 15 is 0 Å². The van der Waals surface area contributed by atoms with E-state index in [2.05, 4.69) is 0 Å². The molecule has 1 aromatic rings. The number of aliphatic hydroxyl groups is 3. The Bertz CT molecular complexity index is 434. The maximum atomic E-state index is 11.9. The predicted octanol–water partition coefficient (Wildman–Crippen LogP) is -0.329. The number of rotatable bonds is 2. The van der Waals surface area contributed by atoms with Crippen LogP contribution in [0, 0.1) is 0 Å². The molecule has 0 bridgehead atoms. The quantitative estimate of drug-likeness (QED) is 0.636. The summed E-state index contributed by atoms with van der Waals surface area (Å²) in [5.74, 6) is -0.622. The van der Waals surface area contributed by atoms with Crippen LogP contribution in [-0.2, 0) is 9.47 Å². The first-order valence-electron chi connectivity index (χ1n) is 5.96. The third-order valence-corrected chi connectivity index (χ3v) is 3.05. The van der Waals surface area contributed by atoms with Gasteiger partial charge in [0, 0.05) is 0 Å². The summed E-state index contributed by atoms with van der Waals surface area (Å²) >= 11 is 0. The van der Waals surface area contributed by atoms with Gasteiger partial charge in [-0.3, -0.25) is 0 Å². The summed E-state index contributed by atoms with van der Waals surface area (Å²) in [6, 6.07) is 8.29. The Hall–Kier alpha value is -1.47. The van der Waals surface area contributed by atoms with Gasteiger partial charge in [-0.25, -0.2) is 4.79 Å². The standard InChI is InChI=1S/C13H16O6/c1-7-11(9(14)10(15)13(17)18-7)19-12(16)8-5-3-2-4-6-8/h2-7,9-11,13-15,17H,1H3/t7-,9-,10+,11-,13+/m0/s1. The first-order chi connectivity index (χ1) is 9.00. The summed E-state index contributed by atoms with van der Waals surface area (Å²) in [7, 11) is 0. The minimum Gasteiger partial charge on any atom is -0.453 e. The number of hydrogen-bond acceptors (Lipinski definition) is 6. The molecule has 1 fully saturated rings. The minimum atomic E-state index is -1.51. The first-order valence-corrected chi connectivity index (χ1v) is 5.96. The van der Waals surface area contributed by atoms with Gasteiger partial charge in [-0.05, 0) is 19.1 Å². The zero-order valence-corrected chi connectivity index (χ0v) is 10.3. The Labute approximate surface area is 110 Å². The van der Waals surface area contributed by atoms with E-state index in [0.29, 0.717) is 5.56 Å². The number of carbonyl (C=O) groups is 1. The van der Waals surface area contributed by atoms with Crippen LogP contribution in [0.5, 0.6) is 0 Å². The number of ether oxygens (including phenoxy) is 2. The van der Waals surface area contributed by atoms with E-state index in [1.165, 1.54) is 0 Å². The van der Waals surface area contributed by atoms with Gasteiger partial charge in [0.05, 0.1) is 11.7 Å². The Morgan fingerprint density at radius 3 is 2.42 bits per heavy atom. The number of benzene rings is 1. The summed E-state index contributed by atoms with van der Waals surface area (Å²) < 4.78 is 10.1. The molecule has 19 heavy (non-hydrogen) atoms. The van der Waals surface area contributed by atoms with Crippen LogP contribution in [0.15, 0.2) is 30.3 Å². The molecule has 6 heteroatoms. The fraction of sp³-hybridized carbons (Fsp3) is 0.462. The minimum absolute atomic E-state index is 0.336. The Kier molecular flexibility index (Phi) is 4.16. The highest BCUT2D eigenvalue weighted by atomic mass is 16.7. The van der Waals surface area contributed by atoms with Crippen molar-refractivity contribution in [3.63, 3.8) is 0 Å². The molecule has 104 valence electrons. The van der Waals surface area contributed by atoms with Crippen molar-refractivity contribution in [1.29, 1.82) is 0 Å². The Morgan fingerprint density at radius 2 is 1.79 bits per heavy atom. The van der Waals surface area contributed by atoms with Gasteiger partial charge in [0.2, 0.25) is 0 Å². The smallest absolute Gasteiger partial charge is 0.338 e. The van der Waals surface area contributed by atoms with Crippen LogP contribution in [0.1, 0.15) is 17.3 Å². The van der Waals surface area contributed by atoms with Gasteiger partial charge in [0.1, 0.15) is 12.2 Å². The lowest BCUT2D eigenvalue weighted by Crippen LogP contribution is -2.57. The third kappa shape index (κ3) is 2.93. The number of esters is 1. The zero-order chi connectivity index (χ0) is 14.0. The first kappa shape index (κ1) is 14.0. The van der Waals surface area contributed by atoms with E-state index in [0.717, 1.165) is 0 Å². The summed E-state index contributed by atoms with van der Waals surface area (Å²) in [5, 5.41) is 28.6. The predicted molar refractivity (Wildman–Crippen MR) is 64.2 cm³/mol. The molecule has 1 saturated heterocycles. The van der Waals surface area contributed by atoms with Crippen LogP contribution in [0.3, 0.4) is 0 Å². The molecule has 1 aliphatic heterocycles. The van der Waals surface area contributed by atoms with Crippen molar-refractivity contribution < 1.29 is 29.6 Å². The molecule has 0 spiro atoms. The lowest BCUT2D eigenvalue weighted by atomic mass is 10.00. The van der Waals surface area contributed by atoms with Gasteiger partial charge in [-0.2, -0.15) is 0 Å². The average Bonchev–Trinajstić information content (AvgIpc) is 2.42. The van der Waals surface area contributed by atoms with E-state index in [1.54, 1.807) is 37.3 Å². The van der Waals surface area contributed by atoms with E-state index in [1.807, 2.05) is 0 Å². The molecule has 6 nitrogen and oxygen atoms in total. The molecule has 3 N–H and O–H groups in total. The van der Waals surface area contributed by atoms with Gasteiger partial charge in [0.15, 0.2) is 12.4 Å². The van der Waals surface area contributed by atoms with Gasteiger partial charge in [0.25, 0.3) is 0 Å². The molecule has 1 aromatic carbocycles. The van der Waals surface area contributed by atoms with Crippen LogP contribution < -0.4 is 0 Å². The van der Waals surface area contributed by atoms with E-state index in [-0.39, 0.29) is 0 Å². The largest absolute Gasteiger partial charge is 0.453 e. The molecule has 5 atom stereocenters. The van der Waals surface area contributed by atoms with E-state index in [4.69, 9.17) is 9.47 Å². The van der Waals surface area contributed by atoms with Crippen molar-refractivity contribution in [3.05, 3.63) is 35.9 Å². The molecule has 0 radical (unpaired) electrons. The normalized spacial score (nSPS) is 34.8. The number of carbonyl (C=O) groups excluding carboxylic acids is 1. The molecule has 0 aromatic heterocycles. The van der Waals surface area contributed by atoms with Crippen molar-refractivity contribution in [2.45, 2.75) is 37.6 Å². The second-order valence-corrected chi connectivity index (χ2v) is 4.45. The summed E-state index contributed by atoms with van der Waals surface area (Å²) in [4.78, 5) is 11.9. The molecule has 0 amide bonds. The third-order valence-electron chi connectivity index (χ3n) is 3.05. The molecular weight excluding hydrogens is 252 g/mol. The van der Waals surface area contributed by atoms with Gasteiger partial charge < -0.3 is 24.8 Å². The number of aliphatic hydroxyl groups excluding tert-OH is 3. The second kappa shape index (κ2) is 5.66. The maximum Gasteiger partial charge on any atom is 0.338 e. The molecule has 1 aliphatic rings. The lowest BCUT2D eigenvalue weighted by Gasteiger charge is -2.38. The molecular formula is C13H16O6. The average molecular weight is 268 g/mol. The zero-order valence-electron chi connectivity index (χ0n) is 10.3. The van der Waals surface area contributed by atoms with Crippen LogP contribution >= 0.6 is 0 Å². The van der Waals surface area contributed by atoms with Gasteiger partial charge >= 0.3 is 5.97 Å². The monoisotopic (exact) mass is 268 g/mol. The van der Waals surface area contributed by atoms with Gasteiger partial charge in [-0.15, -0.1) is 0 Å². The SMILES string of the molecule is C[C@@H]1O[C@@H](O)[C@H](O)[C@H](O)[C@H]1OC(=O)c1ccccc1. The van der Waals surface area contributed by atoms with Gasteiger partial charge in [-0.1, -0.05) is 18.2 Å². The van der Waals surface area contributed by atoms with Crippen molar-refractivity contribution in [2.75, 3.05) is 0 Å². The molecule has 0 saturated carbocycles. The van der Waals surface area contributed by atoms with E-state index < -0.39 is 36.7 Å². The molecule has 0 unspecified atom stereocenters. The van der Waals surface area contributed by atoms with Crippen LogP contribution in [0.4, 0.5) is 0 Å². The second-order valence-electron chi connectivity index (χ2n) is 4.45. The fourth-order valence-electron chi connectivity index (χ4n) is 1.95. The Balaban J connectivity index is 2.08. The topological polar surface area (TPSA) is 96.2 Å². The highest BCUT2D eigenvalue weighted by Gasteiger charge is 2.44. The summed E-state index contributed by atoms with van der Waals surface area (Å²) in [6.07, 6.45) is -6.15. The lowest BCUT2D eigenvalue weighted by molar-refractivity contribution is -0.277. The summed E-state index contributed by atoms with van der Waals surface area (Å²) in [5.41, 5.74) is 0.336. The Morgan fingerprint density at radius 1 is 1.16 bits per heavy atom. The molecule has 1 heterocycles.